The molecule has 0 aromatic rings. The maximum atomic E-state index is 13.2. The zero-order chi connectivity index (χ0) is 16.2. The van der Waals surface area contributed by atoms with E-state index in [0.29, 0.717) is 4.90 Å². The zero-order valence-electron chi connectivity index (χ0n) is 11.0. The minimum absolute atomic E-state index is 0.0883. The Bertz CT molecular complexity index is 531. The Kier molecular flexibility index (Phi) is 3.75. The smallest absolute Gasteiger partial charge is 0.331 e. The van der Waals surface area contributed by atoms with Crippen molar-refractivity contribution in [1.82, 2.24) is 4.90 Å². The molecule has 2 rings (SSSR count). The standard InChI is InChI=1S/C11H14F5NO3S/c1-21(19,20)8-4-6-2-3-7(5-8)17(6)9(18)10(12,13)11(14,15)16/h6-8H,2-5H2,1H3. The summed E-state index contributed by atoms with van der Waals surface area (Å²) >= 11 is 0. The van der Waals surface area contributed by atoms with E-state index in [1.165, 1.54) is 0 Å². The number of hydrogen-bond donors (Lipinski definition) is 0. The normalized spacial score (nSPS) is 30.6. The van der Waals surface area contributed by atoms with Crippen LogP contribution in [-0.2, 0) is 14.6 Å². The molecule has 0 N–H and O–H groups in total. The first-order valence-corrected chi connectivity index (χ1v) is 8.27. The van der Waals surface area contributed by atoms with Crippen LogP contribution in [0.2, 0.25) is 0 Å². The van der Waals surface area contributed by atoms with Crippen molar-refractivity contribution in [3.8, 4) is 0 Å². The molecule has 2 unspecified atom stereocenters. The number of nitrogens with zero attached hydrogens (tertiary/aromatic N) is 1. The molecular weight excluding hydrogens is 321 g/mol. The van der Waals surface area contributed by atoms with Gasteiger partial charge >= 0.3 is 18.0 Å². The lowest BCUT2D eigenvalue weighted by molar-refractivity contribution is -0.275. The van der Waals surface area contributed by atoms with Crippen molar-refractivity contribution in [2.45, 2.75) is 55.1 Å². The number of carbonyl (C=O) groups excluding carboxylic acids is 1. The Hall–Kier alpha value is -0.930. The molecule has 10 heteroatoms. The highest BCUT2D eigenvalue weighted by atomic mass is 32.2. The lowest BCUT2D eigenvalue weighted by atomic mass is 10.0. The molecule has 0 radical (unpaired) electrons. The lowest BCUT2D eigenvalue weighted by Crippen LogP contribution is -2.58. The fourth-order valence-electron chi connectivity index (χ4n) is 3.09. The van der Waals surface area contributed by atoms with E-state index in [9.17, 15) is 35.2 Å². The number of fused-ring (bicyclic) bond motifs is 2. The molecule has 0 aromatic heterocycles. The van der Waals surface area contributed by atoms with E-state index in [4.69, 9.17) is 0 Å². The van der Waals surface area contributed by atoms with Crippen LogP contribution in [0.25, 0.3) is 0 Å². The van der Waals surface area contributed by atoms with Crippen molar-refractivity contribution in [2.75, 3.05) is 6.26 Å². The number of amides is 1. The first-order chi connectivity index (χ1) is 9.35. The fraction of sp³-hybridized carbons (Fsp3) is 0.909. The van der Waals surface area contributed by atoms with Crippen LogP contribution >= 0.6 is 0 Å². The number of carbonyl (C=O) groups is 1. The first kappa shape index (κ1) is 16.4. The molecule has 2 aliphatic rings. The summed E-state index contributed by atoms with van der Waals surface area (Å²) in [6.45, 7) is 0. The number of sulfone groups is 1. The molecule has 0 aliphatic carbocycles. The molecule has 21 heavy (non-hydrogen) atoms. The van der Waals surface area contributed by atoms with Crippen LogP contribution in [0.1, 0.15) is 25.7 Å². The number of hydrogen-bond acceptors (Lipinski definition) is 3. The van der Waals surface area contributed by atoms with Crippen LogP contribution < -0.4 is 0 Å². The SMILES string of the molecule is CS(=O)(=O)C1CC2CCC(C1)N2C(=O)C(F)(F)C(F)(F)F. The van der Waals surface area contributed by atoms with E-state index in [0.717, 1.165) is 6.26 Å². The Morgan fingerprint density at radius 2 is 1.48 bits per heavy atom. The van der Waals surface area contributed by atoms with Gasteiger partial charge in [-0.15, -0.1) is 0 Å². The molecule has 2 saturated heterocycles. The molecule has 2 aliphatic heterocycles. The van der Waals surface area contributed by atoms with Crippen LogP contribution in [0.15, 0.2) is 0 Å². The lowest BCUT2D eigenvalue weighted by Gasteiger charge is -2.39. The van der Waals surface area contributed by atoms with Crippen molar-refractivity contribution in [1.29, 1.82) is 0 Å². The minimum atomic E-state index is -5.95. The number of piperidine rings is 1. The molecule has 2 fully saturated rings. The van der Waals surface area contributed by atoms with Crippen LogP contribution in [0.4, 0.5) is 22.0 Å². The summed E-state index contributed by atoms with van der Waals surface area (Å²) in [5.41, 5.74) is 0. The number of halogens is 5. The molecule has 0 aromatic carbocycles. The third kappa shape index (κ3) is 2.74. The van der Waals surface area contributed by atoms with E-state index < -0.39 is 45.2 Å². The molecule has 122 valence electrons. The van der Waals surface area contributed by atoms with Gasteiger partial charge in [-0.2, -0.15) is 22.0 Å². The minimum Gasteiger partial charge on any atom is -0.331 e. The predicted octanol–water partition coefficient (Wildman–Crippen LogP) is 1.75. The average Bonchev–Trinajstić information content (AvgIpc) is 2.54. The van der Waals surface area contributed by atoms with Gasteiger partial charge in [-0.05, 0) is 25.7 Å². The third-order valence-electron chi connectivity index (χ3n) is 4.15. The van der Waals surface area contributed by atoms with Crippen LogP contribution in [0.5, 0.6) is 0 Å². The molecular formula is C11H14F5NO3S. The second kappa shape index (κ2) is 4.79. The van der Waals surface area contributed by atoms with Crippen molar-refractivity contribution in [2.24, 2.45) is 0 Å². The molecule has 4 nitrogen and oxygen atoms in total. The van der Waals surface area contributed by atoms with Gasteiger partial charge < -0.3 is 4.90 Å². The van der Waals surface area contributed by atoms with Crippen molar-refractivity contribution < 1.29 is 35.2 Å². The van der Waals surface area contributed by atoms with Crippen molar-refractivity contribution in [3.63, 3.8) is 0 Å². The van der Waals surface area contributed by atoms with Gasteiger partial charge in [0.15, 0.2) is 0 Å². The van der Waals surface area contributed by atoms with E-state index in [1.54, 1.807) is 0 Å². The zero-order valence-corrected chi connectivity index (χ0v) is 11.8. The Morgan fingerprint density at radius 3 is 1.81 bits per heavy atom. The van der Waals surface area contributed by atoms with Gasteiger partial charge in [0, 0.05) is 18.3 Å². The summed E-state index contributed by atoms with van der Waals surface area (Å²) in [7, 11) is -3.41. The Balaban J connectivity index is 2.23. The largest absolute Gasteiger partial charge is 0.463 e. The van der Waals surface area contributed by atoms with Gasteiger partial charge in [0.25, 0.3) is 0 Å². The highest BCUT2D eigenvalue weighted by molar-refractivity contribution is 7.91. The summed E-state index contributed by atoms with van der Waals surface area (Å²) in [5.74, 6) is -7.71. The van der Waals surface area contributed by atoms with Crippen LogP contribution in [0, 0.1) is 0 Å². The van der Waals surface area contributed by atoms with Gasteiger partial charge in [-0.25, -0.2) is 8.42 Å². The Labute approximate surface area is 118 Å². The van der Waals surface area contributed by atoms with Crippen LogP contribution in [0.3, 0.4) is 0 Å². The van der Waals surface area contributed by atoms with Crippen molar-refractivity contribution >= 4 is 15.7 Å². The second-order valence-electron chi connectivity index (χ2n) is 5.59. The summed E-state index contributed by atoms with van der Waals surface area (Å²) in [6.07, 6.45) is -4.63. The van der Waals surface area contributed by atoms with E-state index in [2.05, 4.69) is 0 Å². The van der Waals surface area contributed by atoms with E-state index >= 15 is 0 Å². The van der Waals surface area contributed by atoms with Gasteiger partial charge in [-0.1, -0.05) is 0 Å². The highest BCUT2D eigenvalue weighted by Gasteiger charge is 2.66. The molecule has 0 saturated carbocycles. The average molecular weight is 335 g/mol. The fourth-order valence-corrected chi connectivity index (χ4v) is 4.24. The van der Waals surface area contributed by atoms with E-state index in [1.807, 2.05) is 0 Å². The molecule has 1 amide bonds. The monoisotopic (exact) mass is 335 g/mol. The second-order valence-corrected chi connectivity index (χ2v) is 7.92. The van der Waals surface area contributed by atoms with Crippen LogP contribution in [-0.4, -0.2) is 54.9 Å². The van der Waals surface area contributed by atoms with Gasteiger partial charge in [0.05, 0.1) is 5.25 Å². The summed E-state index contributed by atoms with van der Waals surface area (Å²) < 4.78 is 86.2. The molecule has 2 atom stereocenters. The predicted molar refractivity (Wildman–Crippen MR) is 62.5 cm³/mol. The number of rotatable bonds is 2. The maximum absolute atomic E-state index is 13.2. The summed E-state index contributed by atoms with van der Waals surface area (Å²) in [5, 5.41) is -0.793. The topological polar surface area (TPSA) is 54.5 Å². The van der Waals surface area contributed by atoms with E-state index in [-0.39, 0.29) is 25.7 Å². The molecule has 2 heterocycles. The first-order valence-electron chi connectivity index (χ1n) is 6.32. The van der Waals surface area contributed by atoms with Crippen molar-refractivity contribution in [3.05, 3.63) is 0 Å². The molecule has 0 spiro atoms. The summed E-state index contributed by atoms with van der Waals surface area (Å²) in [6, 6.07) is -1.74. The van der Waals surface area contributed by atoms with Gasteiger partial charge in [0.1, 0.15) is 9.84 Å². The Morgan fingerprint density at radius 1 is 1.05 bits per heavy atom. The highest BCUT2D eigenvalue weighted by Crippen LogP contribution is 2.43. The third-order valence-corrected chi connectivity index (χ3v) is 5.75. The summed E-state index contributed by atoms with van der Waals surface area (Å²) in [4.78, 5) is 12.1. The van der Waals surface area contributed by atoms with Gasteiger partial charge in [-0.3, -0.25) is 4.79 Å². The quantitative estimate of drug-likeness (QED) is 0.723. The number of alkyl halides is 5. The maximum Gasteiger partial charge on any atom is 0.463 e. The van der Waals surface area contributed by atoms with Gasteiger partial charge in [0.2, 0.25) is 0 Å². The molecule has 2 bridgehead atoms.